The molecule has 3 rings (SSSR count). The Labute approximate surface area is 144 Å². The smallest absolute Gasteiger partial charge is 0.408 e. The second kappa shape index (κ2) is 5.91. The Morgan fingerprint density at radius 1 is 1.20 bits per heavy atom. The Balaban J connectivity index is 1.94. The number of hydrogen-bond acceptors (Lipinski definition) is 4. The van der Waals surface area contributed by atoms with E-state index in [1.54, 1.807) is 26.2 Å². The average Bonchev–Trinajstić information content (AvgIpc) is 2.99. The first-order chi connectivity index (χ1) is 11.6. The molecule has 134 valence electrons. The quantitative estimate of drug-likeness (QED) is 0.820. The van der Waals surface area contributed by atoms with Crippen molar-refractivity contribution in [2.45, 2.75) is 32.5 Å². The Hall–Kier alpha value is -2.28. The highest BCUT2D eigenvalue weighted by molar-refractivity contribution is 6.10. The zero-order chi connectivity index (χ0) is 18.4. The number of alkyl halides is 3. The van der Waals surface area contributed by atoms with E-state index in [0.717, 1.165) is 5.56 Å². The molecule has 2 aliphatic heterocycles. The molecule has 0 bridgehead atoms. The molecule has 0 spiro atoms. The lowest BCUT2D eigenvalue weighted by Gasteiger charge is -2.44. The van der Waals surface area contributed by atoms with Gasteiger partial charge in [0.1, 0.15) is 17.1 Å². The number of fused-ring (bicyclic) bond motifs is 1. The molecular weight excluding hydrogens is 331 g/mol. The molecule has 2 aliphatic rings. The van der Waals surface area contributed by atoms with Gasteiger partial charge in [-0.15, -0.1) is 0 Å². The fourth-order valence-corrected chi connectivity index (χ4v) is 2.89. The number of rotatable bonds is 3. The Bertz CT molecular complexity index is 778. The van der Waals surface area contributed by atoms with E-state index in [2.05, 4.69) is 4.99 Å². The lowest BCUT2D eigenvalue weighted by Crippen LogP contribution is -2.58. The van der Waals surface area contributed by atoms with Gasteiger partial charge in [-0.25, -0.2) is 4.99 Å². The van der Waals surface area contributed by atoms with Crippen LogP contribution >= 0.6 is 0 Å². The third-order valence-electron chi connectivity index (χ3n) is 4.52. The molecule has 7 heteroatoms. The molecule has 0 aliphatic carbocycles. The summed E-state index contributed by atoms with van der Waals surface area (Å²) in [5.74, 6) is 1.21. The number of methoxy groups -OCH3 is 1. The molecule has 0 aromatic heterocycles. The summed E-state index contributed by atoms with van der Waals surface area (Å²) in [5, 5.41) is 2.83. The second-order valence-electron chi connectivity index (χ2n) is 6.53. The fraction of sp³-hybridized carbons (Fsp3) is 0.389. The summed E-state index contributed by atoms with van der Waals surface area (Å²) in [5.41, 5.74) is 0.246. The van der Waals surface area contributed by atoms with Crippen molar-refractivity contribution in [3.8, 4) is 5.75 Å². The molecule has 0 radical (unpaired) electrons. The topological polar surface area (TPSA) is 28.1 Å². The van der Waals surface area contributed by atoms with Gasteiger partial charge >= 0.3 is 6.18 Å². The predicted molar refractivity (Wildman–Crippen MR) is 90.1 cm³/mol. The highest BCUT2D eigenvalue weighted by atomic mass is 19.4. The van der Waals surface area contributed by atoms with Gasteiger partial charge in [0.05, 0.1) is 12.8 Å². The van der Waals surface area contributed by atoms with Gasteiger partial charge in [0, 0.05) is 17.8 Å². The van der Waals surface area contributed by atoms with Crippen molar-refractivity contribution in [2.75, 3.05) is 13.7 Å². The lowest BCUT2D eigenvalue weighted by atomic mass is 10.0. The van der Waals surface area contributed by atoms with Gasteiger partial charge in [-0.2, -0.15) is 18.2 Å². The molecular formula is C18H20F3N3O. The number of nitrogens with zero attached hydrogens (tertiary/aromatic N) is 3. The molecule has 0 saturated carbocycles. The molecule has 0 unspecified atom stereocenters. The van der Waals surface area contributed by atoms with E-state index >= 15 is 0 Å². The normalized spacial score (nSPS) is 18.5. The fourth-order valence-electron chi connectivity index (χ4n) is 2.89. The lowest BCUT2D eigenvalue weighted by molar-refractivity contribution is -0.245. The predicted octanol–water partition coefficient (Wildman–Crippen LogP) is 4.12. The number of ether oxygens (including phenoxy) is 1. The van der Waals surface area contributed by atoms with Crippen LogP contribution in [0.5, 0.6) is 5.75 Å². The van der Waals surface area contributed by atoms with Gasteiger partial charge in [0.2, 0.25) is 0 Å². The summed E-state index contributed by atoms with van der Waals surface area (Å²) in [7, 11) is 1.58. The van der Waals surface area contributed by atoms with Crippen molar-refractivity contribution < 1.29 is 17.9 Å². The van der Waals surface area contributed by atoms with Crippen molar-refractivity contribution in [1.29, 1.82) is 0 Å². The van der Waals surface area contributed by atoms with E-state index in [4.69, 9.17) is 4.74 Å². The summed E-state index contributed by atoms with van der Waals surface area (Å²) < 4.78 is 45.5. The molecule has 1 aromatic carbocycles. The van der Waals surface area contributed by atoms with Crippen molar-refractivity contribution in [2.24, 2.45) is 4.99 Å². The molecule has 25 heavy (non-hydrogen) atoms. The van der Waals surface area contributed by atoms with Crippen LogP contribution in [0.3, 0.4) is 0 Å². The van der Waals surface area contributed by atoms with Crippen LogP contribution in [0.1, 0.15) is 26.3 Å². The number of hydrazine groups is 1. The number of aliphatic imine (C=N–C) groups is 1. The summed E-state index contributed by atoms with van der Waals surface area (Å²) in [6.45, 7) is 4.30. The SMILES string of the molecule is COc1cccc(C2=NC3=CCN(C(C)(C)C(F)(F)F)N3C(C)=C2)c1. The number of benzene rings is 1. The molecule has 4 nitrogen and oxygen atoms in total. The van der Waals surface area contributed by atoms with Crippen LogP contribution in [0.4, 0.5) is 13.2 Å². The average molecular weight is 351 g/mol. The summed E-state index contributed by atoms with van der Waals surface area (Å²) in [6, 6.07) is 7.44. The van der Waals surface area contributed by atoms with Crippen molar-refractivity contribution in [1.82, 2.24) is 10.0 Å². The summed E-state index contributed by atoms with van der Waals surface area (Å²) in [4.78, 5) is 4.55. The maximum absolute atomic E-state index is 13.4. The zero-order valence-corrected chi connectivity index (χ0v) is 14.6. The van der Waals surface area contributed by atoms with Crippen LogP contribution in [0, 0.1) is 0 Å². The Kier molecular flexibility index (Phi) is 4.15. The van der Waals surface area contributed by atoms with Crippen LogP contribution in [-0.2, 0) is 0 Å². The molecule has 0 atom stereocenters. The Morgan fingerprint density at radius 3 is 2.56 bits per heavy atom. The molecule has 0 fully saturated rings. The van der Waals surface area contributed by atoms with E-state index in [-0.39, 0.29) is 6.54 Å². The maximum atomic E-state index is 13.4. The van der Waals surface area contributed by atoms with Crippen molar-refractivity contribution in [3.05, 3.63) is 53.5 Å². The minimum atomic E-state index is -4.35. The van der Waals surface area contributed by atoms with E-state index < -0.39 is 11.7 Å². The molecule has 0 N–H and O–H groups in total. The summed E-state index contributed by atoms with van der Waals surface area (Å²) >= 11 is 0. The molecule has 1 aromatic rings. The van der Waals surface area contributed by atoms with Gasteiger partial charge in [0.25, 0.3) is 0 Å². The third-order valence-corrected chi connectivity index (χ3v) is 4.52. The first kappa shape index (κ1) is 17.5. The zero-order valence-electron chi connectivity index (χ0n) is 14.6. The summed E-state index contributed by atoms with van der Waals surface area (Å²) in [6.07, 6.45) is -0.853. The first-order valence-corrected chi connectivity index (χ1v) is 7.91. The number of allylic oxidation sites excluding steroid dienone is 2. The third kappa shape index (κ3) is 2.93. The van der Waals surface area contributed by atoms with Gasteiger partial charge in [-0.3, -0.25) is 5.01 Å². The number of hydrogen-bond donors (Lipinski definition) is 0. The van der Waals surface area contributed by atoms with Crippen LogP contribution in [0.15, 0.2) is 52.9 Å². The van der Waals surface area contributed by atoms with Crippen LogP contribution in [0.2, 0.25) is 0 Å². The van der Waals surface area contributed by atoms with Crippen LogP contribution in [-0.4, -0.2) is 41.1 Å². The highest BCUT2D eigenvalue weighted by Gasteiger charge is 2.54. The second-order valence-corrected chi connectivity index (χ2v) is 6.53. The standard InChI is InChI=1S/C18H20F3N3O/c1-12-10-15(13-6-5-7-14(11-13)25-4)22-16-8-9-23(24(12)16)17(2,3)18(19,20)21/h5-8,10-11H,9H2,1-4H3. The number of halogens is 3. The molecule has 2 heterocycles. The monoisotopic (exact) mass is 351 g/mol. The molecule has 0 amide bonds. The first-order valence-electron chi connectivity index (χ1n) is 7.91. The minimum absolute atomic E-state index is 0.155. The minimum Gasteiger partial charge on any atom is -0.497 e. The van der Waals surface area contributed by atoms with E-state index in [9.17, 15) is 13.2 Å². The van der Waals surface area contributed by atoms with Crippen molar-refractivity contribution in [3.63, 3.8) is 0 Å². The van der Waals surface area contributed by atoms with Crippen LogP contribution < -0.4 is 4.74 Å². The van der Waals surface area contributed by atoms with Gasteiger partial charge < -0.3 is 4.74 Å². The Morgan fingerprint density at radius 2 is 1.92 bits per heavy atom. The van der Waals surface area contributed by atoms with Gasteiger partial charge in [-0.1, -0.05) is 12.1 Å². The maximum Gasteiger partial charge on any atom is 0.408 e. The highest BCUT2D eigenvalue weighted by Crippen LogP contribution is 2.41. The molecule has 0 saturated heterocycles. The van der Waals surface area contributed by atoms with Gasteiger partial charge in [0.15, 0.2) is 0 Å². The van der Waals surface area contributed by atoms with Crippen LogP contribution in [0.25, 0.3) is 0 Å². The van der Waals surface area contributed by atoms with E-state index in [0.29, 0.717) is 23.0 Å². The van der Waals surface area contributed by atoms with Crippen molar-refractivity contribution >= 4 is 5.71 Å². The largest absolute Gasteiger partial charge is 0.497 e. The van der Waals surface area contributed by atoms with E-state index in [1.165, 1.54) is 23.9 Å². The van der Waals surface area contributed by atoms with E-state index in [1.807, 2.05) is 24.3 Å². The van der Waals surface area contributed by atoms with Gasteiger partial charge in [-0.05, 0) is 45.1 Å².